The van der Waals surface area contributed by atoms with Gasteiger partial charge in [0.2, 0.25) is 5.91 Å². The van der Waals surface area contributed by atoms with Crippen LogP contribution in [0, 0.1) is 0 Å². The first kappa shape index (κ1) is 11.2. The van der Waals surface area contributed by atoms with Gasteiger partial charge in [-0.15, -0.1) is 0 Å². The van der Waals surface area contributed by atoms with E-state index in [-0.39, 0.29) is 11.4 Å². The van der Waals surface area contributed by atoms with Crippen LogP contribution in [-0.2, 0) is 4.79 Å². The molecule has 0 aliphatic heterocycles. The van der Waals surface area contributed by atoms with Crippen molar-refractivity contribution in [3.63, 3.8) is 0 Å². The molecule has 0 spiro atoms. The number of allylic oxidation sites excluding steroid dienone is 1. The minimum absolute atomic E-state index is 0.00171. The van der Waals surface area contributed by atoms with E-state index in [9.17, 15) is 4.79 Å². The highest BCUT2D eigenvalue weighted by molar-refractivity contribution is 5.88. The lowest BCUT2D eigenvalue weighted by molar-refractivity contribution is -0.118. The maximum Gasteiger partial charge on any atom is 0.244 e. The molecule has 0 saturated carbocycles. The molecule has 1 amide bonds. The Kier molecular flexibility index (Phi) is 4.01. The van der Waals surface area contributed by atoms with Crippen LogP contribution in [0.3, 0.4) is 0 Å². The lowest BCUT2D eigenvalue weighted by atomic mass is 10.0. The summed E-state index contributed by atoms with van der Waals surface area (Å²) in [4.78, 5) is 11.2. The van der Waals surface area contributed by atoms with Crippen LogP contribution in [0.5, 0.6) is 0 Å². The van der Waals surface area contributed by atoms with Crippen molar-refractivity contribution >= 4 is 5.91 Å². The van der Waals surface area contributed by atoms with Crippen LogP contribution in [-0.4, -0.2) is 11.4 Å². The molecule has 2 nitrogen and oxygen atoms in total. The molecule has 0 saturated heterocycles. The SMILES string of the molecule is CCC(C)(C)NC(=O)C=C(C)C. The summed E-state index contributed by atoms with van der Waals surface area (Å²) < 4.78 is 0. The highest BCUT2D eigenvalue weighted by atomic mass is 16.1. The number of rotatable bonds is 3. The summed E-state index contributed by atoms with van der Waals surface area (Å²) in [6, 6.07) is 0. The van der Waals surface area contributed by atoms with Gasteiger partial charge < -0.3 is 5.32 Å². The average molecular weight is 169 g/mol. The summed E-state index contributed by atoms with van der Waals surface area (Å²) in [6.07, 6.45) is 2.56. The number of carbonyl (C=O) groups excluding carboxylic acids is 1. The van der Waals surface area contributed by atoms with Gasteiger partial charge in [-0.2, -0.15) is 0 Å². The molecule has 0 aromatic carbocycles. The smallest absolute Gasteiger partial charge is 0.244 e. The van der Waals surface area contributed by atoms with Gasteiger partial charge in [-0.1, -0.05) is 12.5 Å². The zero-order chi connectivity index (χ0) is 9.78. The summed E-state index contributed by atoms with van der Waals surface area (Å²) >= 11 is 0. The third-order valence-electron chi connectivity index (χ3n) is 1.77. The Morgan fingerprint density at radius 2 is 1.92 bits per heavy atom. The van der Waals surface area contributed by atoms with Crippen molar-refractivity contribution in [1.82, 2.24) is 5.32 Å². The van der Waals surface area contributed by atoms with E-state index in [0.29, 0.717) is 0 Å². The molecule has 0 aromatic rings. The first-order valence-electron chi connectivity index (χ1n) is 4.34. The van der Waals surface area contributed by atoms with Gasteiger partial charge in [0.25, 0.3) is 0 Å². The molecular weight excluding hydrogens is 150 g/mol. The molecule has 0 aliphatic carbocycles. The minimum atomic E-state index is -0.0942. The van der Waals surface area contributed by atoms with Crippen molar-refractivity contribution < 1.29 is 4.79 Å². The second-order valence-electron chi connectivity index (χ2n) is 3.95. The second-order valence-corrected chi connectivity index (χ2v) is 3.95. The van der Waals surface area contributed by atoms with Gasteiger partial charge in [0, 0.05) is 11.6 Å². The Morgan fingerprint density at radius 1 is 1.42 bits per heavy atom. The van der Waals surface area contributed by atoms with Crippen molar-refractivity contribution in [3.8, 4) is 0 Å². The van der Waals surface area contributed by atoms with Crippen LogP contribution in [0.4, 0.5) is 0 Å². The van der Waals surface area contributed by atoms with E-state index in [1.165, 1.54) is 0 Å². The van der Waals surface area contributed by atoms with Crippen molar-refractivity contribution in [1.29, 1.82) is 0 Å². The third-order valence-corrected chi connectivity index (χ3v) is 1.77. The molecule has 0 aliphatic rings. The Hall–Kier alpha value is -0.790. The largest absolute Gasteiger partial charge is 0.348 e. The second kappa shape index (κ2) is 4.29. The summed E-state index contributed by atoms with van der Waals surface area (Å²) in [5, 5.41) is 2.92. The highest BCUT2D eigenvalue weighted by Crippen LogP contribution is 2.06. The van der Waals surface area contributed by atoms with E-state index in [2.05, 4.69) is 12.2 Å². The van der Waals surface area contributed by atoms with E-state index in [1.54, 1.807) is 6.08 Å². The van der Waals surface area contributed by atoms with Crippen molar-refractivity contribution in [2.75, 3.05) is 0 Å². The van der Waals surface area contributed by atoms with E-state index in [0.717, 1.165) is 12.0 Å². The van der Waals surface area contributed by atoms with Gasteiger partial charge >= 0.3 is 0 Å². The molecule has 0 aromatic heterocycles. The number of hydrogen-bond acceptors (Lipinski definition) is 1. The molecule has 0 atom stereocenters. The van der Waals surface area contributed by atoms with Gasteiger partial charge in [-0.3, -0.25) is 4.79 Å². The number of hydrogen-bond donors (Lipinski definition) is 1. The number of carbonyl (C=O) groups is 1. The molecule has 0 heterocycles. The topological polar surface area (TPSA) is 29.1 Å². The molecule has 0 radical (unpaired) electrons. The van der Waals surface area contributed by atoms with E-state index in [4.69, 9.17) is 0 Å². The number of amides is 1. The predicted octanol–water partition coefficient (Wildman–Crippen LogP) is 2.26. The van der Waals surface area contributed by atoms with Crippen LogP contribution in [0.15, 0.2) is 11.6 Å². The molecule has 0 unspecified atom stereocenters. The zero-order valence-electron chi connectivity index (χ0n) is 8.69. The van der Waals surface area contributed by atoms with Gasteiger partial charge in [0.05, 0.1) is 0 Å². The lowest BCUT2D eigenvalue weighted by Gasteiger charge is -2.23. The molecule has 0 bridgehead atoms. The van der Waals surface area contributed by atoms with Crippen molar-refractivity contribution in [2.45, 2.75) is 46.6 Å². The van der Waals surface area contributed by atoms with E-state index in [1.807, 2.05) is 27.7 Å². The number of nitrogens with one attached hydrogen (secondary N) is 1. The van der Waals surface area contributed by atoms with Crippen LogP contribution >= 0.6 is 0 Å². The highest BCUT2D eigenvalue weighted by Gasteiger charge is 2.15. The molecule has 2 heteroatoms. The van der Waals surface area contributed by atoms with Crippen LogP contribution < -0.4 is 5.32 Å². The maximum atomic E-state index is 11.2. The van der Waals surface area contributed by atoms with Crippen LogP contribution in [0.1, 0.15) is 41.0 Å². The standard InChI is InChI=1S/C10H19NO/c1-6-10(4,5)11-9(12)7-8(2)3/h7H,6H2,1-5H3,(H,11,12). The van der Waals surface area contributed by atoms with Gasteiger partial charge in [-0.25, -0.2) is 0 Å². The first-order chi connectivity index (χ1) is 5.37. The molecule has 0 rings (SSSR count). The predicted molar refractivity (Wildman–Crippen MR) is 51.9 cm³/mol. The van der Waals surface area contributed by atoms with Crippen molar-refractivity contribution in [2.24, 2.45) is 0 Å². The Labute approximate surface area is 75.0 Å². The molecular formula is C10H19NO. The summed E-state index contributed by atoms with van der Waals surface area (Å²) in [6.45, 7) is 9.92. The van der Waals surface area contributed by atoms with Gasteiger partial charge in [0.1, 0.15) is 0 Å². The fourth-order valence-corrected chi connectivity index (χ4v) is 0.720. The van der Waals surface area contributed by atoms with Crippen LogP contribution in [0.25, 0.3) is 0 Å². The Balaban J connectivity index is 4.10. The summed E-state index contributed by atoms with van der Waals surface area (Å²) in [5.41, 5.74) is 0.933. The van der Waals surface area contributed by atoms with E-state index < -0.39 is 0 Å². The average Bonchev–Trinajstić information content (AvgIpc) is 1.84. The molecule has 0 fully saturated rings. The maximum absolute atomic E-state index is 11.2. The molecule has 1 N–H and O–H groups in total. The molecule has 12 heavy (non-hydrogen) atoms. The fourth-order valence-electron chi connectivity index (χ4n) is 0.720. The Morgan fingerprint density at radius 3 is 2.25 bits per heavy atom. The minimum Gasteiger partial charge on any atom is -0.348 e. The monoisotopic (exact) mass is 169 g/mol. The van der Waals surface area contributed by atoms with Gasteiger partial charge in [0.15, 0.2) is 0 Å². The van der Waals surface area contributed by atoms with E-state index >= 15 is 0 Å². The van der Waals surface area contributed by atoms with Gasteiger partial charge in [-0.05, 0) is 34.1 Å². The van der Waals surface area contributed by atoms with Crippen LogP contribution in [0.2, 0.25) is 0 Å². The Bertz CT molecular complexity index is 188. The third kappa shape index (κ3) is 4.94. The molecule has 70 valence electrons. The fraction of sp³-hybridized carbons (Fsp3) is 0.700. The normalized spacial score (nSPS) is 10.8. The quantitative estimate of drug-likeness (QED) is 0.645. The lowest BCUT2D eigenvalue weighted by Crippen LogP contribution is -2.42. The summed E-state index contributed by atoms with van der Waals surface area (Å²) in [7, 11) is 0. The zero-order valence-corrected chi connectivity index (χ0v) is 8.69. The van der Waals surface area contributed by atoms with Crippen molar-refractivity contribution in [3.05, 3.63) is 11.6 Å². The summed E-state index contributed by atoms with van der Waals surface area (Å²) in [5.74, 6) is 0.00171. The first-order valence-corrected chi connectivity index (χ1v) is 4.34.